The average Bonchev–Trinajstić information content (AvgIpc) is 3.58. The number of unbranched alkanes of at least 4 members (excludes halogenated alkanes) is 2. The third-order valence-corrected chi connectivity index (χ3v) is 7.39. The molecule has 0 atom stereocenters. The Morgan fingerprint density at radius 3 is 2.51 bits per heavy atom. The maximum atomic E-state index is 13.0. The molecule has 198 valence electrons. The zero-order chi connectivity index (χ0) is 25.8. The molecule has 0 saturated carbocycles. The smallest absolute Gasteiger partial charge is 0.416 e. The lowest BCUT2D eigenvalue weighted by Crippen LogP contribution is -2.46. The number of halogens is 3. The van der Waals surface area contributed by atoms with E-state index in [2.05, 4.69) is 22.0 Å². The van der Waals surface area contributed by atoms with Gasteiger partial charge in [-0.2, -0.15) is 13.2 Å². The van der Waals surface area contributed by atoms with Gasteiger partial charge in [-0.25, -0.2) is 4.99 Å². The highest BCUT2D eigenvalue weighted by Gasteiger charge is 2.31. The van der Waals surface area contributed by atoms with Gasteiger partial charge >= 0.3 is 6.18 Å². The van der Waals surface area contributed by atoms with Crippen LogP contribution in [0, 0.1) is 0 Å². The van der Waals surface area contributed by atoms with Gasteiger partial charge in [0.1, 0.15) is 6.61 Å². The van der Waals surface area contributed by atoms with Crippen LogP contribution in [-0.2, 0) is 28.8 Å². The van der Waals surface area contributed by atoms with Gasteiger partial charge in [-0.1, -0.05) is 18.6 Å². The molecule has 1 amide bonds. The Bertz CT molecular complexity index is 1140. The van der Waals surface area contributed by atoms with E-state index in [1.165, 1.54) is 23.3 Å². The first kappa shape index (κ1) is 25.6. The fourth-order valence-corrected chi connectivity index (χ4v) is 5.27. The van der Waals surface area contributed by atoms with Gasteiger partial charge in [0.15, 0.2) is 0 Å². The number of ether oxygens (including phenoxy) is 1. The highest BCUT2D eigenvalue weighted by molar-refractivity contribution is 5.95. The van der Waals surface area contributed by atoms with Crippen LogP contribution in [0.15, 0.2) is 47.5 Å². The van der Waals surface area contributed by atoms with Crippen LogP contribution in [0.1, 0.15) is 47.9 Å². The number of nitrogens with zero attached hydrogens (tertiary/aromatic N) is 4. The predicted octanol–water partition coefficient (Wildman–Crippen LogP) is 4.71. The Morgan fingerprint density at radius 2 is 1.76 bits per heavy atom. The SMILES string of the molecule is O=C(CCCCCN1CCN(c2cccc(C(F)(F)F)c2)CC1)N1Cc2ccc(C3=NCCO3)cc2C1. The first-order chi connectivity index (χ1) is 17.9. The molecule has 5 rings (SSSR count). The summed E-state index contributed by atoms with van der Waals surface area (Å²) < 4.78 is 44.6. The molecule has 0 aromatic heterocycles. The van der Waals surface area contributed by atoms with E-state index >= 15 is 0 Å². The van der Waals surface area contributed by atoms with Gasteiger partial charge in [0.2, 0.25) is 11.8 Å². The molecule has 1 fully saturated rings. The normalized spacial score (nSPS) is 18.1. The van der Waals surface area contributed by atoms with E-state index < -0.39 is 11.7 Å². The fourth-order valence-electron chi connectivity index (χ4n) is 5.27. The second-order valence-corrected chi connectivity index (χ2v) is 9.96. The summed E-state index contributed by atoms with van der Waals surface area (Å²) in [5.74, 6) is 0.895. The number of rotatable bonds is 8. The lowest BCUT2D eigenvalue weighted by Gasteiger charge is -2.36. The minimum atomic E-state index is -4.32. The first-order valence-corrected chi connectivity index (χ1v) is 13.1. The van der Waals surface area contributed by atoms with E-state index in [-0.39, 0.29) is 5.91 Å². The van der Waals surface area contributed by atoms with Gasteiger partial charge in [0, 0.05) is 56.9 Å². The number of benzene rings is 2. The summed E-state index contributed by atoms with van der Waals surface area (Å²) in [5.41, 5.74) is 3.39. The van der Waals surface area contributed by atoms with Crippen LogP contribution in [0.5, 0.6) is 0 Å². The van der Waals surface area contributed by atoms with Gasteiger partial charge in [0.25, 0.3) is 0 Å². The van der Waals surface area contributed by atoms with Crippen molar-refractivity contribution in [1.82, 2.24) is 9.80 Å². The number of fused-ring (bicyclic) bond motifs is 1. The van der Waals surface area contributed by atoms with E-state index in [0.717, 1.165) is 63.6 Å². The van der Waals surface area contributed by atoms with Crippen molar-refractivity contribution in [3.8, 4) is 0 Å². The molecule has 1 saturated heterocycles. The van der Waals surface area contributed by atoms with Crippen LogP contribution in [0.25, 0.3) is 0 Å². The van der Waals surface area contributed by atoms with Crippen molar-refractivity contribution < 1.29 is 22.7 Å². The molecule has 6 nitrogen and oxygen atoms in total. The van der Waals surface area contributed by atoms with Crippen LogP contribution >= 0.6 is 0 Å². The fraction of sp³-hybridized carbons (Fsp3) is 0.500. The van der Waals surface area contributed by atoms with Crippen LogP contribution in [0.4, 0.5) is 18.9 Å². The Hall–Kier alpha value is -3.07. The Labute approximate surface area is 215 Å². The molecular weight excluding hydrogens is 481 g/mol. The van der Waals surface area contributed by atoms with Crippen molar-refractivity contribution >= 4 is 17.5 Å². The monoisotopic (exact) mass is 514 g/mol. The molecular formula is C28H33F3N4O2. The largest absolute Gasteiger partial charge is 0.476 e. The average molecular weight is 515 g/mol. The molecule has 9 heteroatoms. The minimum Gasteiger partial charge on any atom is -0.476 e. The number of alkyl halides is 3. The third-order valence-electron chi connectivity index (χ3n) is 7.39. The lowest BCUT2D eigenvalue weighted by molar-refractivity contribution is -0.137. The van der Waals surface area contributed by atoms with Crippen LogP contribution in [0.3, 0.4) is 0 Å². The molecule has 0 spiro atoms. The number of anilines is 1. The van der Waals surface area contributed by atoms with Crippen LogP contribution < -0.4 is 4.90 Å². The van der Waals surface area contributed by atoms with E-state index in [0.29, 0.717) is 44.2 Å². The summed E-state index contributed by atoms with van der Waals surface area (Å²) in [7, 11) is 0. The molecule has 2 aromatic rings. The number of piperazine rings is 1. The third kappa shape index (κ3) is 6.26. The van der Waals surface area contributed by atoms with Gasteiger partial charge < -0.3 is 14.5 Å². The van der Waals surface area contributed by atoms with E-state index in [1.54, 1.807) is 6.07 Å². The Morgan fingerprint density at radius 1 is 0.946 bits per heavy atom. The summed E-state index contributed by atoms with van der Waals surface area (Å²) in [6.07, 6.45) is -0.891. The van der Waals surface area contributed by atoms with Crippen LogP contribution in [0.2, 0.25) is 0 Å². The molecule has 0 radical (unpaired) electrons. The molecule has 2 aromatic carbocycles. The van der Waals surface area contributed by atoms with Crippen LogP contribution in [-0.4, -0.2) is 67.5 Å². The number of hydrogen-bond acceptors (Lipinski definition) is 5. The standard InChI is InChI=1S/C28H33F3N4O2/c29-28(30,31)24-5-4-6-25(18-24)34-14-12-33(13-15-34)11-3-1-2-7-26(36)35-19-22-9-8-21(17-23(22)20-35)27-32-10-16-37-27/h4-6,8-9,17-18H,1-3,7,10-16,19-20H2. The maximum Gasteiger partial charge on any atom is 0.416 e. The first-order valence-electron chi connectivity index (χ1n) is 13.1. The molecule has 3 aliphatic rings. The summed E-state index contributed by atoms with van der Waals surface area (Å²) >= 11 is 0. The lowest BCUT2D eigenvalue weighted by atomic mass is 10.1. The molecule has 0 bridgehead atoms. The number of amides is 1. The zero-order valence-corrected chi connectivity index (χ0v) is 21.0. The van der Waals surface area contributed by atoms with E-state index in [1.807, 2.05) is 15.9 Å². The maximum absolute atomic E-state index is 13.0. The molecule has 37 heavy (non-hydrogen) atoms. The second kappa shape index (κ2) is 11.1. The van der Waals surface area contributed by atoms with Gasteiger partial charge in [-0.15, -0.1) is 0 Å². The van der Waals surface area contributed by atoms with Crippen molar-refractivity contribution in [2.45, 2.75) is 44.9 Å². The number of carbonyl (C=O) groups is 1. The summed E-state index contributed by atoms with van der Waals surface area (Å²) in [6.45, 7) is 6.70. The summed E-state index contributed by atoms with van der Waals surface area (Å²) in [4.78, 5) is 23.5. The quantitative estimate of drug-likeness (QED) is 0.479. The Kier molecular flexibility index (Phi) is 7.69. The topological polar surface area (TPSA) is 48.4 Å². The highest BCUT2D eigenvalue weighted by Crippen LogP contribution is 2.32. The highest BCUT2D eigenvalue weighted by atomic mass is 19.4. The molecule has 0 N–H and O–H groups in total. The number of hydrogen-bond donors (Lipinski definition) is 0. The van der Waals surface area contributed by atoms with Crippen molar-refractivity contribution in [2.24, 2.45) is 4.99 Å². The van der Waals surface area contributed by atoms with Crippen molar-refractivity contribution in [2.75, 3.05) is 50.8 Å². The Balaban J connectivity index is 0.989. The van der Waals surface area contributed by atoms with E-state index in [9.17, 15) is 18.0 Å². The van der Waals surface area contributed by atoms with Gasteiger partial charge in [-0.05, 0) is 60.8 Å². The number of carbonyl (C=O) groups excluding carboxylic acids is 1. The minimum absolute atomic E-state index is 0.196. The van der Waals surface area contributed by atoms with E-state index in [4.69, 9.17) is 4.74 Å². The van der Waals surface area contributed by atoms with Gasteiger partial charge in [0.05, 0.1) is 12.1 Å². The molecule has 3 heterocycles. The van der Waals surface area contributed by atoms with Crippen molar-refractivity contribution in [1.29, 1.82) is 0 Å². The van der Waals surface area contributed by atoms with Crippen molar-refractivity contribution in [3.05, 3.63) is 64.7 Å². The zero-order valence-electron chi connectivity index (χ0n) is 21.0. The number of aliphatic imine (C=N–C) groups is 1. The predicted molar refractivity (Wildman–Crippen MR) is 137 cm³/mol. The van der Waals surface area contributed by atoms with Crippen molar-refractivity contribution in [3.63, 3.8) is 0 Å². The molecule has 3 aliphatic heterocycles. The molecule has 0 aliphatic carbocycles. The second-order valence-electron chi connectivity index (χ2n) is 9.96. The summed E-state index contributed by atoms with van der Waals surface area (Å²) in [6, 6.07) is 11.8. The van der Waals surface area contributed by atoms with Gasteiger partial charge in [-0.3, -0.25) is 9.69 Å². The summed E-state index contributed by atoms with van der Waals surface area (Å²) in [5, 5.41) is 0. The molecule has 0 unspecified atom stereocenters.